The van der Waals surface area contributed by atoms with Crippen LogP contribution >= 0.6 is 11.3 Å². The van der Waals surface area contributed by atoms with Gasteiger partial charge in [0, 0.05) is 39.0 Å². The van der Waals surface area contributed by atoms with Gasteiger partial charge in [0.25, 0.3) is 0 Å². The standard InChI is InChI=1S/C11H17N3O4S/c1-14(5-6-18-2)11(17)12-4-3-9-13-8(7-19-9)10(15)16/h7H,3-6H2,1-2H3,(H,12,17)(H,15,16). The molecule has 0 aliphatic carbocycles. The van der Waals surface area contributed by atoms with Crippen LogP contribution in [-0.4, -0.2) is 60.8 Å². The van der Waals surface area contributed by atoms with Crippen molar-refractivity contribution in [2.75, 3.05) is 33.9 Å². The number of methoxy groups -OCH3 is 1. The number of nitrogens with zero attached hydrogens (tertiary/aromatic N) is 2. The summed E-state index contributed by atoms with van der Waals surface area (Å²) in [5, 5.41) is 13.6. The second kappa shape index (κ2) is 7.70. The SMILES string of the molecule is COCCN(C)C(=O)NCCc1nc(C(=O)O)cs1. The monoisotopic (exact) mass is 287 g/mol. The van der Waals surface area contributed by atoms with Crippen molar-refractivity contribution in [3.63, 3.8) is 0 Å². The zero-order valence-corrected chi connectivity index (χ0v) is 11.7. The van der Waals surface area contributed by atoms with Crippen molar-refractivity contribution in [2.45, 2.75) is 6.42 Å². The molecule has 0 aliphatic rings. The Hall–Kier alpha value is -1.67. The van der Waals surface area contributed by atoms with E-state index in [1.165, 1.54) is 21.6 Å². The van der Waals surface area contributed by atoms with Crippen LogP contribution in [0.1, 0.15) is 15.5 Å². The van der Waals surface area contributed by atoms with Crippen LogP contribution in [-0.2, 0) is 11.2 Å². The number of aromatic nitrogens is 1. The third-order valence-corrected chi connectivity index (χ3v) is 3.27. The summed E-state index contributed by atoms with van der Waals surface area (Å²) >= 11 is 1.27. The Balaban J connectivity index is 2.29. The van der Waals surface area contributed by atoms with E-state index in [2.05, 4.69) is 10.3 Å². The molecule has 1 rings (SSSR count). The van der Waals surface area contributed by atoms with E-state index in [1.54, 1.807) is 14.2 Å². The van der Waals surface area contributed by atoms with Crippen molar-refractivity contribution in [3.8, 4) is 0 Å². The van der Waals surface area contributed by atoms with E-state index in [0.29, 0.717) is 31.1 Å². The van der Waals surface area contributed by atoms with Crippen LogP contribution in [0.3, 0.4) is 0 Å². The normalized spacial score (nSPS) is 10.2. The van der Waals surface area contributed by atoms with Gasteiger partial charge in [-0.3, -0.25) is 0 Å². The highest BCUT2D eigenvalue weighted by Gasteiger charge is 2.10. The van der Waals surface area contributed by atoms with E-state index in [1.807, 2.05) is 0 Å². The maximum absolute atomic E-state index is 11.6. The molecule has 0 saturated heterocycles. The molecule has 0 bridgehead atoms. The fourth-order valence-electron chi connectivity index (χ4n) is 1.27. The van der Waals surface area contributed by atoms with Crippen LogP contribution in [0.2, 0.25) is 0 Å². The Bertz CT molecular complexity index is 435. The number of hydrogen-bond donors (Lipinski definition) is 2. The van der Waals surface area contributed by atoms with Gasteiger partial charge in [-0.05, 0) is 0 Å². The first-order valence-corrected chi connectivity index (χ1v) is 6.58. The summed E-state index contributed by atoms with van der Waals surface area (Å²) in [6, 6.07) is -0.188. The van der Waals surface area contributed by atoms with Crippen LogP contribution in [0, 0.1) is 0 Å². The molecule has 0 fully saturated rings. The predicted molar refractivity (Wildman–Crippen MR) is 70.7 cm³/mol. The molecule has 0 radical (unpaired) electrons. The Morgan fingerprint density at radius 2 is 2.32 bits per heavy atom. The van der Waals surface area contributed by atoms with E-state index in [9.17, 15) is 9.59 Å². The highest BCUT2D eigenvalue weighted by molar-refractivity contribution is 7.09. The molecule has 19 heavy (non-hydrogen) atoms. The van der Waals surface area contributed by atoms with Gasteiger partial charge in [0.1, 0.15) is 0 Å². The number of likely N-dealkylation sites (N-methyl/N-ethyl adjacent to an activating group) is 1. The molecule has 0 aromatic carbocycles. The summed E-state index contributed by atoms with van der Waals surface area (Å²) in [4.78, 5) is 27.7. The van der Waals surface area contributed by atoms with Crippen LogP contribution in [0.15, 0.2) is 5.38 Å². The van der Waals surface area contributed by atoms with Crippen molar-refractivity contribution in [1.29, 1.82) is 0 Å². The van der Waals surface area contributed by atoms with Crippen LogP contribution < -0.4 is 5.32 Å². The molecular weight excluding hydrogens is 270 g/mol. The van der Waals surface area contributed by atoms with Crippen LogP contribution in [0.4, 0.5) is 4.79 Å². The molecule has 106 valence electrons. The van der Waals surface area contributed by atoms with Gasteiger partial charge in [0.2, 0.25) is 0 Å². The van der Waals surface area contributed by atoms with Gasteiger partial charge in [0.05, 0.1) is 11.6 Å². The van der Waals surface area contributed by atoms with Crippen LogP contribution in [0.5, 0.6) is 0 Å². The fraction of sp³-hybridized carbons (Fsp3) is 0.545. The Morgan fingerprint density at radius 1 is 1.58 bits per heavy atom. The highest BCUT2D eigenvalue weighted by Crippen LogP contribution is 2.09. The zero-order valence-electron chi connectivity index (χ0n) is 10.9. The molecule has 0 spiro atoms. The Labute approximate surface area is 115 Å². The molecule has 8 heteroatoms. The summed E-state index contributed by atoms with van der Waals surface area (Å²) < 4.78 is 4.88. The molecule has 1 heterocycles. The lowest BCUT2D eigenvalue weighted by molar-refractivity contribution is 0.0691. The number of rotatable bonds is 7. The fourth-order valence-corrected chi connectivity index (χ4v) is 2.04. The van der Waals surface area contributed by atoms with Gasteiger partial charge in [-0.15, -0.1) is 11.3 Å². The molecule has 0 aliphatic heterocycles. The lowest BCUT2D eigenvalue weighted by atomic mass is 10.4. The minimum atomic E-state index is -1.04. The lowest BCUT2D eigenvalue weighted by Crippen LogP contribution is -2.39. The number of nitrogens with one attached hydrogen (secondary N) is 1. The maximum Gasteiger partial charge on any atom is 0.355 e. The summed E-state index contributed by atoms with van der Waals surface area (Å²) in [6.07, 6.45) is 0.516. The first-order chi connectivity index (χ1) is 9.04. The van der Waals surface area contributed by atoms with Crippen LogP contribution in [0.25, 0.3) is 0 Å². The molecule has 0 atom stereocenters. The number of ether oxygens (including phenoxy) is 1. The molecule has 7 nitrogen and oxygen atoms in total. The molecule has 0 unspecified atom stereocenters. The predicted octanol–water partition coefficient (Wildman–Crippen LogP) is 0.672. The van der Waals surface area contributed by atoms with E-state index in [0.717, 1.165) is 0 Å². The van der Waals surface area contributed by atoms with Gasteiger partial charge in [0.15, 0.2) is 5.69 Å². The summed E-state index contributed by atoms with van der Waals surface area (Å²) in [5.41, 5.74) is 0.0449. The quantitative estimate of drug-likeness (QED) is 0.769. The molecule has 1 aromatic rings. The zero-order chi connectivity index (χ0) is 14.3. The Morgan fingerprint density at radius 3 is 2.89 bits per heavy atom. The smallest absolute Gasteiger partial charge is 0.355 e. The van der Waals surface area contributed by atoms with E-state index in [4.69, 9.17) is 9.84 Å². The number of carboxylic acids is 1. The van der Waals surface area contributed by atoms with Crippen molar-refractivity contribution >= 4 is 23.3 Å². The van der Waals surface area contributed by atoms with Gasteiger partial charge in [-0.1, -0.05) is 0 Å². The van der Waals surface area contributed by atoms with E-state index in [-0.39, 0.29) is 11.7 Å². The average molecular weight is 287 g/mol. The molecule has 2 amide bonds. The van der Waals surface area contributed by atoms with Gasteiger partial charge in [-0.2, -0.15) is 0 Å². The third-order valence-electron chi connectivity index (χ3n) is 2.36. The number of carbonyl (C=O) groups excluding carboxylic acids is 1. The Kier molecular flexibility index (Phi) is 6.23. The van der Waals surface area contributed by atoms with Crippen molar-refractivity contribution < 1.29 is 19.4 Å². The number of urea groups is 1. The molecule has 0 saturated carbocycles. The lowest BCUT2D eigenvalue weighted by Gasteiger charge is -2.16. The van der Waals surface area contributed by atoms with Crippen molar-refractivity contribution in [2.24, 2.45) is 0 Å². The highest BCUT2D eigenvalue weighted by atomic mass is 32.1. The van der Waals surface area contributed by atoms with E-state index >= 15 is 0 Å². The summed E-state index contributed by atoms with van der Waals surface area (Å²) in [7, 11) is 3.26. The summed E-state index contributed by atoms with van der Waals surface area (Å²) in [6.45, 7) is 1.42. The number of amides is 2. The third kappa shape index (κ3) is 5.23. The largest absolute Gasteiger partial charge is 0.476 e. The van der Waals surface area contributed by atoms with Crippen molar-refractivity contribution in [1.82, 2.24) is 15.2 Å². The van der Waals surface area contributed by atoms with Crippen molar-refractivity contribution in [3.05, 3.63) is 16.1 Å². The average Bonchev–Trinajstić information content (AvgIpc) is 2.84. The van der Waals surface area contributed by atoms with Gasteiger partial charge < -0.3 is 20.1 Å². The first kappa shape index (κ1) is 15.4. The minimum Gasteiger partial charge on any atom is -0.476 e. The second-order valence-corrected chi connectivity index (χ2v) is 4.77. The molecular formula is C11H17N3O4S. The number of carboxylic acid groups (broad SMARTS) is 1. The topological polar surface area (TPSA) is 91.8 Å². The maximum atomic E-state index is 11.6. The number of carbonyl (C=O) groups is 2. The number of hydrogen-bond acceptors (Lipinski definition) is 5. The molecule has 2 N–H and O–H groups in total. The second-order valence-electron chi connectivity index (χ2n) is 3.83. The summed E-state index contributed by atoms with van der Waals surface area (Å²) in [5.74, 6) is -1.04. The van der Waals surface area contributed by atoms with Gasteiger partial charge >= 0.3 is 12.0 Å². The van der Waals surface area contributed by atoms with E-state index < -0.39 is 5.97 Å². The van der Waals surface area contributed by atoms with Gasteiger partial charge in [-0.25, -0.2) is 14.6 Å². The minimum absolute atomic E-state index is 0.0449. The number of aromatic carboxylic acids is 1. The molecule has 1 aromatic heterocycles. The number of thiazole rings is 1. The first-order valence-electron chi connectivity index (χ1n) is 5.70.